The number of thiophene rings is 2. The molecule has 15 heavy (non-hydrogen) atoms. The molecule has 0 fully saturated rings. The second-order valence-corrected chi connectivity index (χ2v) is 6.41. The van der Waals surface area contributed by atoms with E-state index < -0.39 is 0 Å². The molecule has 0 unspecified atom stereocenters. The summed E-state index contributed by atoms with van der Waals surface area (Å²) in [6, 6.07) is 8.55. The Morgan fingerprint density at radius 1 is 1.13 bits per heavy atom. The molecule has 0 radical (unpaired) electrons. The molecule has 0 spiro atoms. The van der Waals surface area contributed by atoms with Gasteiger partial charge in [0.05, 0.1) is 4.21 Å². The normalized spacial score (nSPS) is 10.7. The minimum Gasteiger partial charge on any atom is -0.311 e. The first kappa shape index (κ1) is 11.2. The summed E-state index contributed by atoms with van der Waals surface area (Å²) < 4.78 is 1.41. The zero-order valence-corrected chi connectivity index (χ0v) is 10.8. The van der Waals surface area contributed by atoms with Gasteiger partial charge in [-0.05, 0) is 22.9 Å². The summed E-state index contributed by atoms with van der Waals surface area (Å²) in [6.45, 7) is 2.07. The molecule has 0 bridgehead atoms. The first-order chi connectivity index (χ1) is 7.45. The van der Waals surface area contributed by atoms with E-state index in [1.165, 1.54) is 9.09 Å². The lowest BCUT2D eigenvalue weighted by Crippen LogP contribution is -2.15. The molecular formula is C11H13NS3. The van der Waals surface area contributed by atoms with Crippen molar-refractivity contribution < 1.29 is 0 Å². The molecule has 0 saturated carbocycles. The first-order valence-electron chi connectivity index (χ1n) is 4.84. The minimum absolute atomic E-state index is 1.00. The van der Waals surface area contributed by atoms with Crippen LogP contribution in [-0.2, 0) is 6.54 Å². The Balaban J connectivity index is 1.56. The summed E-state index contributed by atoms with van der Waals surface area (Å²) in [5, 5.41) is 7.69. The summed E-state index contributed by atoms with van der Waals surface area (Å²) in [4.78, 5) is 1.41. The standard InChI is InChI=1S/C11H13NS3/c1-3-10(13-6-1)9-12-5-8-15-11-4-2-7-14-11/h1-4,6-7,12H,5,8-9H2. The maximum atomic E-state index is 3.44. The molecule has 4 heteroatoms. The minimum atomic E-state index is 1.00. The number of nitrogens with one attached hydrogen (secondary N) is 1. The molecule has 0 aliphatic carbocycles. The second kappa shape index (κ2) is 6.33. The zero-order valence-electron chi connectivity index (χ0n) is 8.31. The van der Waals surface area contributed by atoms with Gasteiger partial charge in [-0.15, -0.1) is 34.4 Å². The molecule has 2 heterocycles. The van der Waals surface area contributed by atoms with E-state index in [-0.39, 0.29) is 0 Å². The van der Waals surface area contributed by atoms with Crippen molar-refractivity contribution in [3.63, 3.8) is 0 Å². The molecule has 1 N–H and O–H groups in total. The van der Waals surface area contributed by atoms with E-state index in [1.54, 1.807) is 0 Å². The fraction of sp³-hybridized carbons (Fsp3) is 0.273. The Morgan fingerprint density at radius 3 is 2.73 bits per heavy atom. The predicted octanol–water partition coefficient (Wildman–Crippen LogP) is 3.69. The fourth-order valence-corrected chi connectivity index (χ4v) is 3.63. The lowest BCUT2D eigenvalue weighted by molar-refractivity contribution is 0.741. The monoisotopic (exact) mass is 255 g/mol. The van der Waals surface area contributed by atoms with Gasteiger partial charge < -0.3 is 5.32 Å². The van der Waals surface area contributed by atoms with Crippen LogP contribution in [0.3, 0.4) is 0 Å². The van der Waals surface area contributed by atoms with Crippen molar-refractivity contribution in [1.82, 2.24) is 5.32 Å². The van der Waals surface area contributed by atoms with Crippen molar-refractivity contribution in [1.29, 1.82) is 0 Å². The predicted molar refractivity (Wildman–Crippen MR) is 71.1 cm³/mol. The lowest BCUT2D eigenvalue weighted by atomic mass is 10.4. The van der Waals surface area contributed by atoms with Crippen LogP contribution >= 0.6 is 34.4 Å². The SMILES string of the molecule is c1csc(CNCCSc2cccs2)c1. The van der Waals surface area contributed by atoms with Crippen LogP contribution < -0.4 is 5.32 Å². The van der Waals surface area contributed by atoms with Crippen LogP contribution in [0, 0.1) is 0 Å². The van der Waals surface area contributed by atoms with Gasteiger partial charge in [-0.2, -0.15) is 0 Å². The molecule has 0 aliphatic heterocycles. The van der Waals surface area contributed by atoms with Crippen molar-refractivity contribution in [2.45, 2.75) is 10.8 Å². The van der Waals surface area contributed by atoms with Crippen LogP contribution in [0.1, 0.15) is 4.88 Å². The van der Waals surface area contributed by atoms with Crippen molar-refractivity contribution in [2.75, 3.05) is 12.3 Å². The Bertz CT molecular complexity index is 317. The van der Waals surface area contributed by atoms with E-state index in [2.05, 4.69) is 40.3 Å². The molecule has 2 rings (SSSR count). The van der Waals surface area contributed by atoms with E-state index in [9.17, 15) is 0 Å². The Hall–Kier alpha value is -0.290. The highest BCUT2D eigenvalue weighted by molar-refractivity contribution is 8.01. The van der Waals surface area contributed by atoms with E-state index >= 15 is 0 Å². The lowest BCUT2D eigenvalue weighted by Gasteiger charge is -2.01. The number of thioether (sulfide) groups is 1. The third-order valence-corrected chi connectivity index (χ3v) is 4.91. The zero-order chi connectivity index (χ0) is 10.3. The highest BCUT2D eigenvalue weighted by atomic mass is 32.2. The Morgan fingerprint density at radius 2 is 2.00 bits per heavy atom. The van der Waals surface area contributed by atoms with Crippen LogP contribution in [0.15, 0.2) is 39.2 Å². The van der Waals surface area contributed by atoms with Gasteiger partial charge in [-0.3, -0.25) is 0 Å². The maximum Gasteiger partial charge on any atom is 0.0598 e. The van der Waals surface area contributed by atoms with Gasteiger partial charge in [0.25, 0.3) is 0 Å². The first-order valence-corrected chi connectivity index (χ1v) is 7.59. The highest BCUT2D eigenvalue weighted by Gasteiger charge is 1.95. The third-order valence-electron chi connectivity index (χ3n) is 1.90. The topological polar surface area (TPSA) is 12.0 Å². The summed E-state index contributed by atoms with van der Waals surface area (Å²) in [6.07, 6.45) is 0. The van der Waals surface area contributed by atoms with E-state index in [0.29, 0.717) is 0 Å². The molecule has 0 atom stereocenters. The summed E-state index contributed by atoms with van der Waals surface area (Å²) in [5.41, 5.74) is 0. The van der Waals surface area contributed by atoms with E-state index in [0.717, 1.165) is 18.8 Å². The number of hydrogen-bond donors (Lipinski definition) is 1. The van der Waals surface area contributed by atoms with Gasteiger partial charge >= 0.3 is 0 Å². The van der Waals surface area contributed by atoms with Crippen molar-refractivity contribution >= 4 is 34.4 Å². The van der Waals surface area contributed by atoms with Crippen LogP contribution in [0.2, 0.25) is 0 Å². The average molecular weight is 255 g/mol. The molecule has 0 aliphatic rings. The quantitative estimate of drug-likeness (QED) is 0.624. The summed E-state index contributed by atoms with van der Waals surface area (Å²) in [5.74, 6) is 1.14. The Labute approximate surface area is 103 Å². The molecule has 2 aromatic heterocycles. The molecular weight excluding hydrogens is 242 g/mol. The molecule has 0 saturated heterocycles. The van der Waals surface area contributed by atoms with Crippen LogP contribution in [0.25, 0.3) is 0 Å². The molecule has 80 valence electrons. The largest absolute Gasteiger partial charge is 0.311 e. The second-order valence-electron chi connectivity index (χ2n) is 3.04. The van der Waals surface area contributed by atoms with Gasteiger partial charge in [0, 0.05) is 23.7 Å². The van der Waals surface area contributed by atoms with Gasteiger partial charge in [0.15, 0.2) is 0 Å². The average Bonchev–Trinajstić information content (AvgIpc) is 2.88. The van der Waals surface area contributed by atoms with Gasteiger partial charge in [0.1, 0.15) is 0 Å². The molecule has 0 aromatic carbocycles. The van der Waals surface area contributed by atoms with Gasteiger partial charge in [-0.1, -0.05) is 12.1 Å². The number of hydrogen-bond acceptors (Lipinski definition) is 4. The molecule has 1 nitrogen and oxygen atoms in total. The molecule has 0 amide bonds. The van der Waals surface area contributed by atoms with Crippen molar-refractivity contribution in [3.05, 3.63) is 39.9 Å². The van der Waals surface area contributed by atoms with E-state index in [1.807, 2.05) is 34.4 Å². The van der Waals surface area contributed by atoms with Gasteiger partial charge in [0.2, 0.25) is 0 Å². The summed E-state index contributed by atoms with van der Waals surface area (Å²) in [7, 11) is 0. The molecule has 2 aromatic rings. The summed E-state index contributed by atoms with van der Waals surface area (Å²) >= 11 is 5.55. The van der Waals surface area contributed by atoms with Crippen LogP contribution in [-0.4, -0.2) is 12.3 Å². The van der Waals surface area contributed by atoms with Crippen molar-refractivity contribution in [3.8, 4) is 0 Å². The fourth-order valence-electron chi connectivity index (χ4n) is 1.19. The van der Waals surface area contributed by atoms with Gasteiger partial charge in [-0.25, -0.2) is 0 Å². The van der Waals surface area contributed by atoms with E-state index in [4.69, 9.17) is 0 Å². The highest BCUT2D eigenvalue weighted by Crippen LogP contribution is 2.22. The van der Waals surface area contributed by atoms with Crippen LogP contribution in [0.5, 0.6) is 0 Å². The smallest absolute Gasteiger partial charge is 0.0598 e. The van der Waals surface area contributed by atoms with Crippen molar-refractivity contribution in [2.24, 2.45) is 0 Å². The third kappa shape index (κ3) is 3.99. The Kier molecular flexibility index (Phi) is 4.73. The number of rotatable bonds is 6. The maximum absolute atomic E-state index is 3.44. The van der Waals surface area contributed by atoms with Crippen LogP contribution in [0.4, 0.5) is 0 Å².